The monoisotopic (exact) mass is 498 g/mol. The molecule has 0 bridgehead atoms. The van der Waals surface area contributed by atoms with E-state index in [9.17, 15) is 14.4 Å². The third-order valence-corrected chi connectivity index (χ3v) is 5.73. The number of aromatic nitrogens is 1. The van der Waals surface area contributed by atoms with Crippen LogP contribution in [-0.2, 0) is 11.2 Å². The number of aromatic carboxylic acids is 1. The highest BCUT2D eigenvalue weighted by Gasteiger charge is 2.30. The Morgan fingerprint density at radius 1 is 1.36 bits per heavy atom. The van der Waals surface area contributed by atoms with Crippen molar-refractivity contribution >= 4 is 45.6 Å². The van der Waals surface area contributed by atoms with E-state index in [2.05, 4.69) is 27.6 Å². The lowest BCUT2D eigenvalue weighted by Crippen LogP contribution is -2.35. The summed E-state index contributed by atoms with van der Waals surface area (Å²) in [4.78, 5) is 40.4. The van der Waals surface area contributed by atoms with Crippen molar-refractivity contribution in [1.29, 1.82) is 0 Å². The molecule has 2 aromatic rings. The first-order valence-electron chi connectivity index (χ1n) is 9.10. The third-order valence-electron chi connectivity index (χ3n) is 4.72. The highest BCUT2D eigenvalue weighted by molar-refractivity contribution is 14.1. The van der Waals surface area contributed by atoms with E-state index in [1.165, 1.54) is 6.20 Å². The number of carbonyl (C=O) groups excluding carboxylic acids is 1. The second kappa shape index (κ2) is 7.73. The van der Waals surface area contributed by atoms with Gasteiger partial charge in [-0.15, -0.1) is 0 Å². The van der Waals surface area contributed by atoms with Crippen molar-refractivity contribution in [3.8, 4) is 0 Å². The number of hydrogen-bond donors (Lipinski definition) is 2. The van der Waals surface area contributed by atoms with Crippen molar-refractivity contribution in [2.75, 3.05) is 13.1 Å². The van der Waals surface area contributed by atoms with Gasteiger partial charge < -0.3 is 19.7 Å². The van der Waals surface area contributed by atoms with E-state index in [0.29, 0.717) is 29.9 Å². The Bertz CT molecular complexity index is 992. The number of rotatable bonds is 3. The smallest absolute Gasteiger partial charge is 0.410 e. The molecule has 1 saturated heterocycles. The van der Waals surface area contributed by atoms with E-state index in [4.69, 9.17) is 9.84 Å². The number of nitrogens with one attached hydrogen (secondary N) is 1. The van der Waals surface area contributed by atoms with Crippen molar-refractivity contribution in [3.05, 3.63) is 43.2 Å². The number of H-pyrrole nitrogens is 1. The Morgan fingerprint density at radius 3 is 2.71 bits per heavy atom. The van der Waals surface area contributed by atoms with E-state index in [1.807, 2.05) is 26.8 Å². The largest absolute Gasteiger partial charge is 0.477 e. The summed E-state index contributed by atoms with van der Waals surface area (Å²) in [7, 11) is 0. The number of likely N-dealkylation sites (tertiary alicyclic amines) is 1. The number of pyridine rings is 1. The van der Waals surface area contributed by atoms with Gasteiger partial charge in [0.2, 0.25) is 5.43 Å². The summed E-state index contributed by atoms with van der Waals surface area (Å²) in [6.07, 6.45) is 2.62. The van der Waals surface area contributed by atoms with Crippen molar-refractivity contribution < 1.29 is 19.4 Å². The van der Waals surface area contributed by atoms with Crippen LogP contribution in [0.1, 0.15) is 43.1 Å². The second-order valence-electron chi connectivity index (χ2n) is 8.11. The zero-order chi connectivity index (χ0) is 20.6. The van der Waals surface area contributed by atoms with Crippen LogP contribution in [-0.4, -0.2) is 45.7 Å². The van der Waals surface area contributed by atoms with Crippen LogP contribution in [0.4, 0.5) is 4.79 Å². The fourth-order valence-electron chi connectivity index (χ4n) is 3.40. The number of benzene rings is 1. The number of halogens is 1. The number of carboxylic acids is 1. The number of aromatic amines is 1. The molecule has 0 aliphatic carbocycles. The molecule has 0 saturated carbocycles. The number of carboxylic acid groups (broad SMARTS) is 1. The van der Waals surface area contributed by atoms with Crippen molar-refractivity contribution in [2.24, 2.45) is 5.92 Å². The summed E-state index contributed by atoms with van der Waals surface area (Å²) >= 11 is 2.17. The molecule has 1 aliphatic heterocycles. The molecule has 1 aliphatic rings. The van der Waals surface area contributed by atoms with Crippen LogP contribution < -0.4 is 5.43 Å². The van der Waals surface area contributed by atoms with E-state index >= 15 is 0 Å². The fraction of sp³-hybridized carbons (Fsp3) is 0.450. The van der Waals surface area contributed by atoms with Crippen LogP contribution in [0.5, 0.6) is 0 Å². The zero-order valence-corrected chi connectivity index (χ0v) is 18.2. The number of hydrogen-bond acceptors (Lipinski definition) is 4. The van der Waals surface area contributed by atoms with E-state index < -0.39 is 17.0 Å². The molecule has 0 radical (unpaired) electrons. The van der Waals surface area contributed by atoms with E-state index in [0.717, 1.165) is 22.0 Å². The molecule has 2 heterocycles. The van der Waals surface area contributed by atoms with Gasteiger partial charge in [0.05, 0.1) is 0 Å². The first kappa shape index (κ1) is 20.6. The molecule has 2 N–H and O–H groups in total. The molecule has 150 valence electrons. The summed E-state index contributed by atoms with van der Waals surface area (Å²) in [6, 6.07) is 3.64. The average Bonchev–Trinajstić information content (AvgIpc) is 3.03. The van der Waals surface area contributed by atoms with Gasteiger partial charge in [-0.1, -0.05) is 0 Å². The van der Waals surface area contributed by atoms with Crippen molar-refractivity contribution in [3.63, 3.8) is 0 Å². The van der Waals surface area contributed by atoms with Crippen LogP contribution in [0.15, 0.2) is 23.1 Å². The molecule has 0 spiro atoms. The SMILES string of the molecule is CC(C)(C)OC(=O)N1CCC(Cc2cc3[nH]cc(C(=O)O)c(=O)c3cc2I)C1. The number of carbonyl (C=O) groups is 2. The fourth-order valence-corrected chi connectivity index (χ4v) is 4.09. The molecule has 1 amide bonds. The maximum atomic E-state index is 12.3. The third kappa shape index (κ3) is 4.48. The van der Waals surface area contributed by atoms with Crippen LogP contribution in [0.25, 0.3) is 10.9 Å². The lowest BCUT2D eigenvalue weighted by molar-refractivity contribution is 0.0288. The van der Waals surface area contributed by atoms with Crippen molar-refractivity contribution in [2.45, 2.75) is 39.2 Å². The highest BCUT2D eigenvalue weighted by Crippen LogP contribution is 2.27. The normalized spacial score (nSPS) is 17.1. The van der Waals surface area contributed by atoms with Gasteiger partial charge in [0.25, 0.3) is 0 Å². The molecule has 8 heteroatoms. The molecular formula is C20H23IN2O5. The summed E-state index contributed by atoms with van der Waals surface area (Å²) in [5, 5.41) is 9.48. The average molecular weight is 498 g/mol. The van der Waals surface area contributed by atoms with Gasteiger partial charge in [0.15, 0.2) is 0 Å². The molecule has 1 unspecified atom stereocenters. The molecule has 1 aromatic heterocycles. The second-order valence-corrected chi connectivity index (χ2v) is 9.27. The van der Waals surface area contributed by atoms with E-state index in [1.54, 1.807) is 11.0 Å². The molecule has 3 rings (SSSR count). The Labute approximate surface area is 176 Å². The van der Waals surface area contributed by atoms with Crippen molar-refractivity contribution in [1.82, 2.24) is 9.88 Å². The first-order valence-corrected chi connectivity index (χ1v) is 10.2. The summed E-state index contributed by atoms with van der Waals surface area (Å²) < 4.78 is 6.35. The molecule has 1 aromatic carbocycles. The molecular weight excluding hydrogens is 475 g/mol. The summed E-state index contributed by atoms with van der Waals surface area (Å²) in [5.41, 5.74) is 0.432. The lowest BCUT2D eigenvalue weighted by Gasteiger charge is -2.24. The van der Waals surface area contributed by atoms with Crippen LogP contribution in [0.2, 0.25) is 0 Å². The zero-order valence-electron chi connectivity index (χ0n) is 16.0. The number of amides is 1. The van der Waals surface area contributed by atoms with Gasteiger partial charge in [0, 0.05) is 33.8 Å². The Hall–Kier alpha value is -2.10. The molecule has 1 atom stereocenters. The van der Waals surface area contributed by atoms with Gasteiger partial charge in [0.1, 0.15) is 11.2 Å². The quantitative estimate of drug-likeness (QED) is 0.630. The maximum absolute atomic E-state index is 12.3. The standard InChI is InChI=1S/C20H23IN2O5/c1-20(2,3)28-19(27)23-5-4-11(10-23)6-12-7-16-13(8-15(12)21)17(24)14(9-22-16)18(25)26/h7-9,11H,4-6,10H2,1-3H3,(H,22,24)(H,25,26). The minimum Gasteiger partial charge on any atom is -0.477 e. The number of fused-ring (bicyclic) bond motifs is 1. The Morgan fingerprint density at radius 2 is 2.07 bits per heavy atom. The lowest BCUT2D eigenvalue weighted by atomic mass is 9.97. The predicted molar refractivity (Wildman–Crippen MR) is 114 cm³/mol. The summed E-state index contributed by atoms with van der Waals surface area (Å²) in [6.45, 7) is 6.87. The Balaban J connectivity index is 1.77. The molecule has 7 nitrogen and oxygen atoms in total. The molecule has 1 fully saturated rings. The van der Waals surface area contributed by atoms with Crippen LogP contribution in [0.3, 0.4) is 0 Å². The maximum Gasteiger partial charge on any atom is 0.410 e. The Kier molecular flexibility index (Phi) is 5.69. The minimum absolute atomic E-state index is 0.264. The topological polar surface area (TPSA) is 99.7 Å². The van der Waals surface area contributed by atoms with E-state index in [-0.39, 0.29) is 11.7 Å². The predicted octanol–water partition coefficient (Wildman–Crippen LogP) is 3.63. The minimum atomic E-state index is -1.24. The van der Waals surface area contributed by atoms with Gasteiger partial charge in [-0.3, -0.25) is 4.79 Å². The first-order chi connectivity index (χ1) is 13.0. The summed E-state index contributed by atoms with van der Waals surface area (Å²) in [5.74, 6) is -0.932. The highest BCUT2D eigenvalue weighted by atomic mass is 127. The van der Waals surface area contributed by atoms with Crippen LogP contribution >= 0.6 is 22.6 Å². The molecule has 28 heavy (non-hydrogen) atoms. The number of nitrogens with zero attached hydrogens (tertiary/aromatic N) is 1. The number of ether oxygens (including phenoxy) is 1. The van der Waals surface area contributed by atoms with Gasteiger partial charge in [-0.2, -0.15) is 0 Å². The van der Waals surface area contributed by atoms with Gasteiger partial charge in [-0.25, -0.2) is 9.59 Å². The van der Waals surface area contributed by atoms with Gasteiger partial charge >= 0.3 is 12.1 Å². The van der Waals surface area contributed by atoms with Crippen LogP contribution in [0, 0.1) is 9.49 Å². The van der Waals surface area contributed by atoms with Gasteiger partial charge in [-0.05, 0) is 79.8 Å².